The van der Waals surface area contributed by atoms with Gasteiger partial charge in [0.25, 0.3) is 0 Å². The fourth-order valence-electron chi connectivity index (χ4n) is 2.42. The van der Waals surface area contributed by atoms with Crippen molar-refractivity contribution in [3.05, 3.63) is 23.8 Å². The Morgan fingerprint density at radius 2 is 1.60 bits per heavy atom. The van der Waals surface area contributed by atoms with Crippen LogP contribution in [0.3, 0.4) is 0 Å². The van der Waals surface area contributed by atoms with Crippen molar-refractivity contribution in [2.75, 3.05) is 11.9 Å². The summed E-state index contributed by atoms with van der Waals surface area (Å²) in [5.74, 6) is 0.443. The van der Waals surface area contributed by atoms with E-state index in [1.165, 1.54) is 51.4 Å². The molecule has 0 radical (unpaired) electrons. The van der Waals surface area contributed by atoms with Crippen molar-refractivity contribution in [2.45, 2.75) is 71.6 Å². The van der Waals surface area contributed by atoms with E-state index in [0.717, 1.165) is 24.2 Å². The number of hydrogen-bond acceptors (Lipinski definition) is 2. The van der Waals surface area contributed by atoms with Crippen LogP contribution in [-0.2, 0) is 6.42 Å². The predicted molar refractivity (Wildman–Crippen MR) is 88.6 cm³/mol. The molecule has 1 aromatic carbocycles. The van der Waals surface area contributed by atoms with Gasteiger partial charge in [-0.05, 0) is 43.0 Å². The Hall–Kier alpha value is -1.18. The summed E-state index contributed by atoms with van der Waals surface area (Å²) in [6.07, 6.45) is 11.1. The maximum atomic E-state index is 9.91. The molecule has 0 atom stereocenters. The molecule has 2 nitrogen and oxygen atoms in total. The summed E-state index contributed by atoms with van der Waals surface area (Å²) in [4.78, 5) is 0. The molecule has 0 saturated heterocycles. The van der Waals surface area contributed by atoms with Gasteiger partial charge in [0.2, 0.25) is 0 Å². The van der Waals surface area contributed by atoms with Gasteiger partial charge in [-0.2, -0.15) is 0 Å². The summed E-state index contributed by atoms with van der Waals surface area (Å²) in [7, 11) is 0. The molecule has 114 valence electrons. The van der Waals surface area contributed by atoms with Gasteiger partial charge in [-0.1, -0.05) is 52.4 Å². The Kier molecular flexibility index (Phi) is 8.93. The number of anilines is 1. The molecule has 0 saturated carbocycles. The number of rotatable bonds is 11. The van der Waals surface area contributed by atoms with E-state index in [2.05, 4.69) is 25.2 Å². The van der Waals surface area contributed by atoms with Crippen LogP contribution in [0.5, 0.6) is 5.75 Å². The van der Waals surface area contributed by atoms with Crippen molar-refractivity contribution in [3.63, 3.8) is 0 Å². The summed E-state index contributed by atoms with van der Waals surface area (Å²) >= 11 is 0. The van der Waals surface area contributed by atoms with E-state index in [-0.39, 0.29) is 0 Å². The highest BCUT2D eigenvalue weighted by Gasteiger charge is 2.03. The monoisotopic (exact) mass is 277 g/mol. The molecule has 1 aromatic rings. The van der Waals surface area contributed by atoms with E-state index in [1.54, 1.807) is 0 Å². The highest BCUT2D eigenvalue weighted by molar-refractivity contribution is 5.50. The Bertz CT molecular complexity index is 362. The zero-order valence-corrected chi connectivity index (χ0v) is 13.3. The average Bonchev–Trinajstić information content (AvgIpc) is 2.46. The Morgan fingerprint density at radius 3 is 2.30 bits per heavy atom. The molecule has 2 heteroatoms. The molecule has 0 spiro atoms. The van der Waals surface area contributed by atoms with Crippen LogP contribution in [0.2, 0.25) is 0 Å². The van der Waals surface area contributed by atoms with E-state index in [9.17, 15) is 5.11 Å². The minimum absolute atomic E-state index is 0.443. The number of nitrogens with one attached hydrogen (secondary N) is 1. The fraction of sp³-hybridized carbons (Fsp3) is 0.667. The molecule has 0 aliphatic carbocycles. The number of phenolic OH excluding ortho intramolecular Hbond substituents is 1. The zero-order chi connectivity index (χ0) is 14.6. The van der Waals surface area contributed by atoms with E-state index in [0.29, 0.717) is 5.75 Å². The normalized spacial score (nSPS) is 10.7. The largest absolute Gasteiger partial charge is 0.508 e. The van der Waals surface area contributed by atoms with Crippen LogP contribution in [0.25, 0.3) is 0 Å². The summed E-state index contributed by atoms with van der Waals surface area (Å²) in [6.45, 7) is 5.48. The van der Waals surface area contributed by atoms with Crippen molar-refractivity contribution in [1.82, 2.24) is 0 Å². The smallest absolute Gasteiger partial charge is 0.118 e. The van der Waals surface area contributed by atoms with Crippen LogP contribution in [0, 0.1) is 0 Å². The molecule has 0 aliphatic rings. The van der Waals surface area contributed by atoms with Gasteiger partial charge in [0, 0.05) is 12.2 Å². The highest BCUT2D eigenvalue weighted by atomic mass is 16.3. The van der Waals surface area contributed by atoms with Crippen molar-refractivity contribution >= 4 is 5.69 Å². The first kappa shape index (κ1) is 16.9. The maximum Gasteiger partial charge on any atom is 0.118 e. The predicted octanol–water partition coefficient (Wildman–Crippen LogP) is 5.51. The number of benzene rings is 1. The lowest BCUT2D eigenvalue weighted by Crippen LogP contribution is -2.02. The van der Waals surface area contributed by atoms with Gasteiger partial charge in [-0.3, -0.25) is 0 Å². The van der Waals surface area contributed by atoms with Gasteiger partial charge in [0.05, 0.1) is 0 Å². The molecule has 20 heavy (non-hydrogen) atoms. The lowest BCUT2D eigenvalue weighted by atomic mass is 10.0. The van der Waals surface area contributed by atoms with E-state index < -0.39 is 0 Å². The first-order chi connectivity index (χ1) is 9.77. The van der Waals surface area contributed by atoms with Crippen LogP contribution in [-0.4, -0.2) is 11.7 Å². The molecule has 0 amide bonds. The van der Waals surface area contributed by atoms with Crippen LogP contribution in [0.1, 0.15) is 70.8 Å². The van der Waals surface area contributed by atoms with Gasteiger partial charge in [0.1, 0.15) is 5.75 Å². The van der Waals surface area contributed by atoms with Gasteiger partial charge < -0.3 is 10.4 Å². The van der Waals surface area contributed by atoms with Crippen molar-refractivity contribution in [1.29, 1.82) is 0 Å². The fourth-order valence-corrected chi connectivity index (χ4v) is 2.42. The van der Waals surface area contributed by atoms with Crippen molar-refractivity contribution in [3.8, 4) is 5.75 Å². The number of aryl methyl sites for hydroxylation is 1. The van der Waals surface area contributed by atoms with Gasteiger partial charge in [0.15, 0.2) is 0 Å². The quantitative estimate of drug-likeness (QED) is 0.413. The van der Waals surface area contributed by atoms with Crippen molar-refractivity contribution in [2.24, 2.45) is 0 Å². The molecule has 0 aromatic heterocycles. The molecule has 1 rings (SSSR count). The van der Waals surface area contributed by atoms with E-state index in [1.807, 2.05) is 12.1 Å². The third kappa shape index (κ3) is 6.83. The van der Waals surface area contributed by atoms with Crippen LogP contribution in [0.15, 0.2) is 18.2 Å². The minimum Gasteiger partial charge on any atom is -0.508 e. The topological polar surface area (TPSA) is 32.3 Å². The second-order valence-electron chi connectivity index (χ2n) is 5.64. The zero-order valence-electron chi connectivity index (χ0n) is 13.3. The number of aromatic hydroxyl groups is 1. The number of phenols is 1. The molecular weight excluding hydrogens is 246 g/mol. The Balaban J connectivity index is 2.36. The van der Waals surface area contributed by atoms with E-state index >= 15 is 0 Å². The molecule has 2 N–H and O–H groups in total. The standard InChI is InChI=1S/C18H31NO/c1-3-5-7-9-11-16-15-17(12-13-18(16)20)19-14-10-8-6-4-2/h12-13,15,19-20H,3-11,14H2,1-2H3. The molecule has 0 heterocycles. The first-order valence-corrected chi connectivity index (χ1v) is 8.33. The number of hydrogen-bond donors (Lipinski definition) is 2. The SMILES string of the molecule is CCCCCCNc1ccc(O)c(CCCCCC)c1. The van der Waals surface area contributed by atoms with Crippen LogP contribution in [0.4, 0.5) is 5.69 Å². The minimum atomic E-state index is 0.443. The Morgan fingerprint density at radius 1 is 0.900 bits per heavy atom. The van der Waals surface area contributed by atoms with Gasteiger partial charge in [-0.25, -0.2) is 0 Å². The highest BCUT2D eigenvalue weighted by Crippen LogP contribution is 2.23. The maximum absolute atomic E-state index is 9.91. The molecule has 0 bridgehead atoms. The second kappa shape index (κ2) is 10.6. The third-order valence-corrected chi connectivity index (χ3v) is 3.74. The summed E-state index contributed by atoms with van der Waals surface area (Å²) in [5.41, 5.74) is 2.23. The van der Waals surface area contributed by atoms with Gasteiger partial charge in [-0.15, -0.1) is 0 Å². The van der Waals surface area contributed by atoms with Crippen LogP contribution < -0.4 is 5.32 Å². The van der Waals surface area contributed by atoms with E-state index in [4.69, 9.17) is 0 Å². The third-order valence-electron chi connectivity index (χ3n) is 3.74. The first-order valence-electron chi connectivity index (χ1n) is 8.33. The number of unbranched alkanes of at least 4 members (excludes halogenated alkanes) is 6. The molecular formula is C18H31NO. The summed E-state index contributed by atoms with van der Waals surface area (Å²) in [6, 6.07) is 5.91. The summed E-state index contributed by atoms with van der Waals surface area (Å²) < 4.78 is 0. The second-order valence-corrected chi connectivity index (χ2v) is 5.64. The van der Waals surface area contributed by atoms with Crippen molar-refractivity contribution < 1.29 is 5.11 Å². The molecule has 0 unspecified atom stereocenters. The summed E-state index contributed by atoms with van der Waals surface area (Å²) in [5, 5.41) is 13.4. The van der Waals surface area contributed by atoms with Gasteiger partial charge >= 0.3 is 0 Å². The average molecular weight is 277 g/mol. The molecule has 0 aliphatic heterocycles. The Labute approximate surface area is 124 Å². The van der Waals surface area contributed by atoms with Crippen LogP contribution >= 0.6 is 0 Å². The lowest BCUT2D eigenvalue weighted by Gasteiger charge is -2.10. The molecule has 0 fully saturated rings. The lowest BCUT2D eigenvalue weighted by molar-refractivity contribution is 0.466.